The molecule has 6 nitrogen and oxygen atoms in total. The summed E-state index contributed by atoms with van der Waals surface area (Å²) in [4.78, 5) is 26.8. The molecule has 6 heteroatoms. The van der Waals surface area contributed by atoms with E-state index in [2.05, 4.69) is 5.32 Å². The number of hydrogen-bond donors (Lipinski definition) is 1. The highest BCUT2D eigenvalue weighted by Gasteiger charge is 2.45. The maximum atomic E-state index is 12.9. The molecule has 1 fully saturated rings. The normalized spacial score (nSPS) is 22.6. The number of amides is 2. The Labute approximate surface area is 140 Å². The molecule has 0 bridgehead atoms. The average Bonchev–Trinajstić information content (AvgIpc) is 2.37. The number of nitrogens with two attached hydrogens (primary N) is 1. The van der Waals surface area contributed by atoms with E-state index < -0.39 is 17.7 Å². The molecule has 2 N–H and O–H groups in total. The number of carbonyl (C=O) groups is 2. The monoisotopic (exact) mass is 326 g/mol. The second-order valence-electron chi connectivity index (χ2n) is 8.36. The zero-order chi connectivity index (χ0) is 18.0. The fourth-order valence-electron chi connectivity index (χ4n) is 2.68. The zero-order valence-electron chi connectivity index (χ0n) is 15.5. The van der Waals surface area contributed by atoms with E-state index >= 15 is 0 Å². The van der Waals surface area contributed by atoms with Gasteiger partial charge in [-0.3, -0.25) is 4.79 Å². The molecule has 0 aromatic heterocycles. The maximum absolute atomic E-state index is 12.9. The summed E-state index contributed by atoms with van der Waals surface area (Å²) < 4.78 is 5.48. The molecule has 23 heavy (non-hydrogen) atoms. The minimum absolute atomic E-state index is 0.0520. The summed E-state index contributed by atoms with van der Waals surface area (Å²) in [6.45, 7) is 14.4. The third-order valence-electron chi connectivity index (χ3n) is 4.12. The number of hydrogen-bond acceptors (Lipinski definition) is 4. The highest BCUT2D eigenvalue weighted by atomic mass is 16.6. The number of ether oxygens (including phenoxy) is 1. The van der Waals surface area contributed by atoms with Crippen molar-refractivity contribution >= 4 is 12.0 Å². The molecule has 1 unspecified atom stereocenters. The Balaban J connectivity index is 3.15. The van der Waals surface area contributed by atoms with Crippen molar-refractivity contribution in [2.75, 3.05) is 13.1 Å². The molecule has 0 spiro atoms. The number of nitrogens with zero attached hydrogens (tertiary/aromatic N) is 2. The van der Waals surface area contributed by atoms with Gasteiger partial charge in [-0.2, -0.15) is 0 Å². The van der Waals surface area contributed by atoms with Crippen LogP contribution in [-0.4, -0.2) is 47.7 Å². The molecular formula is C17H32N3O3. The van der Waals surface area contributed by atoms with Gasteiger partial charge in [0.1, 0.15) is 5.60 Å². The van der Waals surface area contributed by atoms with Gasteiger partial charge in [-0.15, -0.1) is 0 Å². The summed E-state index contributed by atoms with van der Waals surface area (Å²) in [5.74, 6) is -0.418. The van der Waals surface area contributed by atoms with Gasteiger partial charge >= 0.3 is 6.09 Å². The van der Waals surface area contributed by atoms with E-state index in [1.54, 1.807) is 20.8 Å². The van der Waals surface area contributed by atoms with E-state index in [0.29, 0.717) is 19.5 Å². The van der Waals surface area contributed by atoms with Crippen LogP contribution in [0, 0.1) is 11.3 Å². The highest BCUT2D eigenvalue weighted by Crippen LogP contribution is 2.32. The molecule has 1 aliphatic heterocycles. The summed E-state index contributed by atoms with van der Waals surface area (Å²) >= 11 is 0. The van der Waals surface area contributed by atoms with Crippen LogP contribution >= 0.6 is 0 Å². The molecule has 133 valence electrons. The quantitative estimate of drug-likeness (QED) is 0.861. The molecule has 0 aromatic carbocycles. The Morgan fingerprint density at radius 1 is 1.30 bits per heavy atom. The van der Waals surface area contributed by atoms with Gasteiger partial charge < -0.3 is 10.5 Å². The predicted molar refractivity (Wildman–Crippen MR) is 89.9 cm³/mol. The fraction of sp³-hybridized carbons (Fsp3) is 0.882. The third-order valence-corrected chi connectivity index (χ3v) is 4.12. The van der Waals surface area contributed by atoms with Crippen LogP contribution in [-0.2, 0) is 9.53 Å². The Bertz CT molecular complexity index is 441. The van der Waals surface area contributed by atoms with Crippen molar-refractivity contribution in [2.45, 2.75) is 72.6 Å². The van der Waals surface area contributed by atoms with Crippen molar-refractivity contribution in [1.82, 2.24) is 10.2 Å². The molecule has 1 rings (SSSR count). The van der Waals surface area contributed by atoms with E-state index in [0.717, 1.165) is 0 Å². The standard InChI is InChI=1S/C17H32N3O3/c1-11(2)13(18)14(21)20(15(22)23-16(3,4)5)12-8-9-19-10-17(12,6)7/h11-13H,8-10,18H2,1-7H3/t12?,13-/m0/s1. The highest BCUT2D eigenvalue weighted by molar-refractivity contribution is 5.95. The van der Waals surface area contributed by atoms with Gasteiger partial charge in [0.15, 0.2) is 0 Å². The summed E-state index contributed by atoms with van der Waals surface area (Å²) in [6, 6.07) is -0.982. The summed E-state index contributed by atoms with van der Waals surface area (Å²) in [5.41, 5.74) is 5.08. The lowest BCUT2D eigenvalue weighted by Gasteiger charge is -2.44. The van der Waals surface area contributed by atoms with E-state index in [-0.39, 0.29) is 23.3 Å². The summed E-state index contributed by atoms with van der Waals surface area (Å²) in [5, 5.41) is 4.41. The van der Waals surface area contributed by atoms with Crippen molar-refractivity contribution in [2.24, 2.45) is 17.1 Å². The maximum Gasteiger partial charge on any atom is 0.417 e. The van der Waals surface area contributed by atoms with Crippen LogP contribution in [0.1, 0.15) is 54.9 Å². The zero-order valence-corrected chi connectivity index (χ0v) is 15.5. The predicted octanol–water partition coefficient (Wildman–Crippen LogP) is 2.14. The van der Waals surface area contributed by atoms with Crippen molar-refractivity contribution < 1.29 is 14.3 Å². The van der Waals surface area contributed by atoms with E-state index in [9.17, 15) is 9.59 Å². The fourth-order valence-corrected chi connectivity index (χ4v) is 2.68. The van der Waals surface area contributed by atoms with E-state index in [4.69, 9.17) is 10.5 Å². The van der Waals surface area contributed by atoms with Gasteiger partial charge in [-0.05, 0) is 38.5 Å². The molecule has 2 amide bonds. The molecule has 2 atom stereocenters. The van der Waals surface area contributed by atoms with Crippen molar-refractivity contribution in [3.63, 3.8) is 0 Å². The molecule has 1 saturated heterocycles. The van der Waals surface area contributed by atoms with Crippen molar-refractivity contribution in [1.29, 1.82) is 0 Å². The Morgan fingerprint density at radius 2 is 1.87 bits per heavy atom. The van der Waals surface area contributed by atoms with E-state index in [1.807, 2.05) is 27.7 Å². The number of piperidine rings is 1. The Hall–Kier alpha value is -1.14. The Kier molecular flexibility index (Phi) is 6.21. The van der Waals surface area contributed by atoms with Crippen LogP contribution in [0.3, 0.4) is 0 Å². The Morgan fingerprint density at radius 3 is 2.30 bits per heavy atom. The first-order valence-corrected chi connectivity index (χ1v) is 8.31. The molecule has 0 aliphatic carbocycles. The van der Waals surface area contributed by atoms with E-state index in [1.165, 1.54) is 4.90 Å². The smallest absolute Gasteiger partial charge is 0.417 e. The number of rotatable bonds is 3. The van der Waals surface area contributed by atoms with Crippen molar-refractivity contribution in [3.8, 4) is 0 Å². The number of imide groups is 1. The molecule has 1 aliphatic rings. The van der Waals surface area contributed by atoms with Crippen LogP contribution < -0.4 is 11.1 Å². The topological polar surface area (TPSA) is 86.7 Å². The van der Waals surface area contributed by atoms with Gasteiger partial charge in [0, 0.05) is 13.1 Å². The largest absolute Gasteiger partial charge is 0.443 e. The molecule has 0 aromatic rings. The third kappa shape index (κ3) is 5.18. The SMILES string of the molecule is CC(C)[C@H](N)C(=O)N(C(=O)OC(C)(C)C)C1CC[N]CC1(C)C. The lowest BCUT2D eigenvalue weighted by atomic mass is 9.78. The van der Waals surface area contributed by atoms with Crippen LogP contribution in [0.25, 0.3) is 0 Å². The second-order valence-corrected chi connectivity index (χ2v) is 8.36. The second kappa shape index (κ2) is 7.18. The van der Waals surface area contributed by atoms with Crippen molar-refractivity contribution in [3.05, 3.63) is 0 Å². The van der Waals surface area contributed by atoms with Crippen LogP contribution in [0.2, 0.25) is 0 Å². The van der Waals surface area contributed by atoms with Gasteiger partial charge in [0.05, 0.1) is 12.1 Å². The molecule has 1 heterocycles. The average molecular weight is 326 g/mol. The molecular weight excluding hydrogens is 294 g/mol. The first-order chi connectivity index (χ1) is 10.4. The van der Waals surface area contributed by atoms with Gasteiger partial charge in [-0.1, -0.05) is 27.7 Å². The molecule has 1 radical (unpaired) electrons. The van der Waals surface area contributed by atoms with Gasteiger partial charge in [-0.25, -0.2) is 15.0 Å². The van der Waals surface area contributed by atoms with Crippen LogP contribution in [0.4, 0.5) is 4.79 Å². The minimum atomic E-state index is -0.725. The summed E-state index contributed by atoms with van der Waals surface area (Å²) in [7, 11) is 0. The lowest BCUT2D eigenvalue weighted by molar-refractivity contribution is -0.138. The van der Waals surface area contributed by atoms with Crippen LogP contribution in [0.15, 0.2) is 0 Å². The number of carbonyl (C=O) groups excluding carboxylic acids is 2. The van der Waals surface area contributed by atoms with Gasteiger partial charge in [0.2, 0.25) is 5.91 Å². The summed E-state index contributed by atoms with van der Waals surface area (Å²) in [6.07, 6.45) is 0.0292. The first-order valence-electron chi connectivity index (χ1n) is 8.31. The molecule has 0 saturated carbocycles. The first kappa shape index (κ1) is 19.9. The van der Waals surface area contributed by atoms with Gasteiger partial charge in [0.25, 0.3) is 0 Å². The lowest BCUT2D eigenvalue weighted by Crippen LogP contribution is -2.61. The van der Waals surface area contributed by atoms with Crippen LogP contribution in [0.5, 0.6) is 0 Å². The minimum Gasteiger partial charge on any atom is -0.443 e.